The van der Waals surface area contributed by atoms with Crippen LogP contribution in [0.1, 0.15) is 22.3 Å². The second-order valence-electron chi connectivity index (χ2n) is 3.59. The van der Waals surface area contributed by atoms with Crippen molar-refractivity contribution < 1.29 is 14.3 Å². The molecule has 16 heavy (non-hydrogen) atoms. The predicted molar refractivity (Wildman–Crippen MR) is 55.6 cm³/mol. The molecular formula is C11H12N2O3. The average Bonchev–Trinajstić information content (AvgIpc) is 2.64. The highest BCUT2D eigenvalue weighted by Crippen LogP contribution is 2.21. The molecule has 5 heteroatoms. The maximum atomic E-state index is 11.8. The SMILES string of the molecule is COC(=O)CCN1Cc2ccncc2C1=O. The number of carbonyl (C=O) groups excluding carboxylic acids is 2. The third-order valence-corrected chi connectivity index (χ3v) is 2.60. The maximum Gasteiger partial charge on any atom is 0.307 e. The molecule has 2 heterocycles. The van der Waals surface area contributed by atoms with E-state index in [0.29, 0.717) is 18.7 Å². The molecule has 0 aromatic carbocycles. The molecule has 1 aromatic heterocycles. The van der Waals surface area contributed by atoms with Gasteiger partial charge < -0.3 is 9.64 Å². The van der Waals surface area contributed by atoms with Gasteiger partial charge >= 0.3 is 5.97 Å². The lowest BCUT2D eigenvalue weighted by atomic mass is 10.2. The van der Waals surface area contributed by atoms with Crippen molar-refractivity contribution in [3.63, 3.8) is 0 Å². The van der Waals surface area contributed by atoms with Gasteiger partial charge in [-0.15, -0.1) is 0 Å². The minimum atomic E-state index is -0.304. The van der Waals surface area contributed by atoms with Gasteiger partial charge in [0.25, 0.3) is 5.91 Å². The number of esters is 1. The summed E-state index contributed by atoms with van der Waals surface area (Å²) in [5.41, 5.74) is 1.59. The molecule has 0 fully saturated rings. The molecular weight excluding hydrogens is 208 g/mol. The number of aromatic nitrogens is 1. The quantitative estimate of drug-likeness (QED) is 0.700. The molecule has 0 unspecified atom stereocenters. The zero-order chi connectivity index (χ0) is 11.5. The number of fused-ring (bicyclic) bond motifs is 1. The van der Waals surface area contributed by atoms with E-state index >= 15 is 0 Å². The summed E-state index contributed by atoms with van der Waals surface area (Å²) < 4.78 is 4.53. The van der Waals surface area contributed by atoms with Crippen LogP contribution < -0.4 is 0 Å². The lowest BCUT2D eigenvalue weighted by Crippen LogP contribution is -2.26. The standard InChI is InChI=1S/C11H12N2O3/c1-16-10(14)3-5-13-7-8-2-4-12-6-9(8)11(13)15/h2,4,6H,3,5,7H2,1H3. The Labute approximate surface area is 93.0 Å². The third-order valence-electron chi connectivity index (χ3n) is 2.60. The molecule has 0 aliphatic carbocycles. The van der Waals surface area contributed by atoms with E-state index in [1.807, 2.05) is 6.07 Å². The fraction of sp³-hybridized carbons (Fsp3) is 0.364. The molecule has 5 nitrogen and oxygen atoms in total. The van der Waals surface area contributed by atoms with Crippen molar-refractivity contribution in [2.24, 2.45) is 0 Å². The highest BCUT2D eigenvalue weighted by molar-refractivity contribution is 5.98. The van der Waals surface area contributed by atoms with Crippen LogP contribution in [-0.2, 0) is 16.1 Å². The number of nitrogens with zero attached hydrogens (tertiary/aromatic N) is 2. The van der Waals surface area contributed by atoms with Gasteiger partial charge in [-0.25, -0.2) is 0 Å². The van der Waals surface area contributed by atoms with Gasteiger partial charge in [-0.2, -0.15) is 0 Å². The van der Waals surface area contributed by atoms with E-state index in [4.69, 9.17) is 0 Å². The second kappa shape index (κ2) is 4.30. The van der Waals surface area contributed by atoms with Crippen molar-refractivity contribution in [2.75, 3.05) is 13.7 Å². The van der Waals surface area contributed by atoms with Crippen molar-refractivity contribution in [1.82, 2.24) is 9.88 Å². The molecule has 0 atom stereocenters. The number of ether oxygens (including phenoxy) is 1. The number of carbonyl (C=O) groups is 2. The highest BCUT2D eigenvalue weighted by Gasteiger charge is 2.27. The summed E-state index contributed by atoms with van der Waals surface area (Å²) in [6.45, 7) is 0.938. The summed E-state index contributed by atoms with van der Waals surface area (Å²) in [6, 6.07) is 1.82. The van der Waals surface area contributed by atoms with Crippen molar-refractivity contribution in [3.05, 3.63) is 29.6 Å². The van der Waals surface area contributed by atoms with E-state index in [2.05, 4.69) is 9.72 Å². The van der Waals surface area contributed by atoms with Crippen LogP contribution in [0.5, 0.6) is 0 Å². The Morgan fingerprint density at radius 3 is 3.12 bits per heavy atom. The van der Waals surface area contributed by atoms with Crippen LogP contribution in [0.3, 0.4) is 0 Å². The number of rotatable bonds is 3. The van der Waals surface area contributed by atoms with Crippen LogP contribution in [0.15, 0.2) is 18.5 Å². The molecule has 0 radical (unpaired) electrons. The smallest absolute Gasteiger partial charge is 0.307 e. The second-order valence-corrected chi connectivity index (χ2v) is 3.59. The van der Waals surface area contributed by atoms with Crippen molar-refractivity contribution in [3.8, 4) is 0 Å². The maximum absolute atomic E-state index is 11.8. The Balaban J connectivity index is 2.02. The predicted octanol–water partition coefficient (Wildman–Crippen LogP) is 0.600. The summed E-state index contributed by atoms with van der Waals surface area (Å²) in [5.74, 6) is -0.367. The van der Waals surface area contributed by atoms with E-state index in [-0.39, 0.29) is 18.3 Å². The third kappa shape index (κ3) is 1.88. The topological polar surface area (TPSA) is 59.5 Å². The van der Waals surface area contributed by atoms with Crippen molar-refractivity contribution in [2.45, 2.75) is 13.0 Å². The molecule has 0 spiro atoms. The van der Waals surface area contributed by atoms with Crippen LogP contribution in [0, 0.1) is 0 Å². The van der Waals surface area contributed by atoms with Gasteiger partial charge in [0.05, 0.1) is 19.1 Å². The van der Waals surface area contributed by atoms with Crippen LogP contribution >= 0.6 is 0 Å². The molecule has 1 aliphatic heterocycles. The van der Waals surface area contributed by atoms with Crippen LogP contribution in [-0.4, -0.2) is 35.4 Å². The van der Waals surface area contributed by atoms with Crippen molar-refractivity contribution >= 4 is 11.9 Å². The fourth-order valence-corrected chi connectivity index (χ4v) is 1.71. The summed E-state index contributed by atoms with van der Waals surface area (Å²) in [4.78, 5) is 28.3. The Morgan fingerprint density at radius 2 is 2.44 bits per heavy atom. The number of hydrogen-bond acceptors (Lipinski definition) is 4. The number of amides is 1. The Kier molecular flexibility index (Phi) is 2.85. The summed E-state index contributed by atoms with van der Waals surface area (Å²) in [7, 11) is 1.34. The molecule has 84 valence electrons. The van der Waals surface area contributed by atoms with Gasteiger partial charge in [-0.1, -0.05) is 0 Å². The molecule has 1 aromatic rings. The van der Waals surface area contributed by atoms with Crippen LogP contribution in [0.2, 0.25) is 0 Å². The van der Waals surface area contributed by atoms with E-state index < -0.39 is 0 Å². The first-order valence-corrected chi connectivity index (χ1v) is 5.01. The van der Waals surface area contributed by atoms with Gasteiger partial charge in [-0.3, -0.25) is 14.6 Å². The number of methoxy groups -OCH3 is 1. The van der Waals surface area contributed by atoms with E-state index in [0.717, 1.165) is 5.56 Å². The minimum Gasteiger partial charge on any atom is -0.469 e. The zero-order valence-electron chi connectivity index (χ0n) is 8.97. The first-order chi connectivity index (χ1) is 7.72. The molecule has 0 saturated heterocycles. The van der Waals surface area contributed by atoms with E-state index in [9.17, 15) is 9.59 Å². The van der Waals surface area contributed by atoms with E-state index in [1.165, 1.54) is 7.11 Å². The molecule has 1 aliphatic rings. The minimum absolute atomic E-state index is 0.0630. The fourth-order valence-electron chi connectivity index (χ4n) is 1.71. The normalized spacial score (nSPS) is 13.8. The lowest BCUT2D eigenvalue weighted by Gasteiger charge is -2.14. The average molecular weight is 220 g/mol. The first-order valence-electron chi connectivity index (χ1n) is 5.01. The van der Waals surface area contributed by atoms with Crippen LogP contribution in [0.4, 0.5) is 0 Å². The molecule has 0 bridgehead atoms. The van der Waals surface area contributed by atoms with Gasteiger partial charge in [0, 0.05) is 25.5 Å². The van der Waals surface area contributed by atoms with Gasteiger partial charge in [-0.05, 0) is 11.6 Å². The largest absolute Gasteiger partial charge is 0.469 e. The van der Waals surface area contributed by atoms with Crippen molar-refractivity contribution in [1.29, 1.82) is 0 Å². The zero-order valence-corrected chi connectivity index (χ0v) is 8.97. The molecule has 0 saturated carbocycles. The summed E-state index contributed by atoms with van der Waals surface area (Å²) in [6.07, 6.45) is 3.45. The number of hydrogen-bond donors (Lipinski definition) is 0. The van der Waals surface area contributed by atoms with Gasteiger partial charge in [0.1, 0.15) is 0 Å². The Hall–Kier alpha value is -1.91. The Morgan fingerprint density at radius 1 is 1.62 bits per heavy atom. The van der Waals surface area contributed by atoms with Gasteiger partial charge in [0.15, 0.2) is 0 Å². The summed E-state index contributed by atoms with van der Waals surface area (Å²) >= 11 is 0. The summed E-state index contributed by atoms with van der Waals surface area (Å²) in [5, 5.41) is 0. The van der Waals surface area contributed by atoms with Crippen LogP contribution in [0.25, 0.3) is 0 Å². The first kappa shape index (κ1) is 10.6. The highest BCUT2D eigenvalue weighted by atomic mass is 16.5. The van der Waals surface area contributed by atoms with Gasteiger partial charge in [0.2, 0.25) is 0 Å². The molecule has 1 amide bonds. The molecule has 0 N–H and O–H groups in total. The Bertz CT molecular complexity index is 431. The van der Waals surface area contributed by atoms with E-state index in [1.54, 1.807) is 17.3 Å². The lowest BCUT2D eigenvalue weighted by molar-refractivity contribution is -0.140. The monoisotopic (exact) mass is 220 g/mol. The number of pyridine rings is 1. The molecule has 2 rings (SSSR count).